The lowest BCUT2D eigenvalue weighted by Gasteiger charge is -2.52. The number of alkyl carbamates (subject to hydrolysis) is 2. The number of hydrogen-bond acceptors (Lipinski definition) is 32. The second-order valence-electron chi connectivity index (χ2n) is 34.2. The summed E-state index contributed by atoms with van der Waals surface area (Å²) in [5, 5.41) is 110. The van der Waals surface area contributed by atoms with Gasteiger partial charge in [0, 0.05) is 157 Å². The normalized spacial score (nSPS) is 33.2. The molecular formula is C91H131BrN8O31. The number of hydrogen-bond donors (Lipinski definition) is 16. The molecule has 30 unspecified atom stereocenters. The number of alkyl halides is 1. The van der Waals surface area contributed by atoms with Gasteiger partial charge in [0.25, 0.3) is 0 Å². The number of aliphatic hydroxyl groups is 8. The van der Waals surface area contributed by atoms with Gasteiger partial charge >= 0.3 is 12.2 Å². The fourth-order valence-electron chi connectivity index (χ4n) is 20.6. The van der Waals surface area contributed by atoms with E-state index in [-0.39, 0.29) is 82.1 Å². The maximum Gasteiger partial charge on any atom is 0.407 e. The van der Waals surface area contributed by atoms with Crippen LogP contribution in [0.4, 0.5) is 9.59 Å². The first-order valence-electron chi connectivity index (χ1n) is 44.3. The second kappa shape index (κ2) is 49.7. The Kier molecular flexibility index (Phi) is 39.4. The fourth-order valence-corrected chi connectivity index (χ4v) is 20.8. The van der Waals surface area contributed by atoms with E-state index in [0.717, 1.165) is 44.5 Å². The summed E-state index contributed by atoms with van der Waals surface area (Å²) in [5.74, 6) is -9.18. The minimum Gasteiger partial charge on any atom is -0.449 e. The van der Waals surface area contributed by atoms with Crippen molar-refractivity contribution in [3.63, 3.8) is 0 Å². The van der Waals surface area contributed by atoms with Crippen LogP contribution in [0.15, 0.2) is 97.1 Å². The molecule has 8 aliphatic rings. The lowest BCUT2D eigenvalue weighted by molar-refractivity contribution is -0.325. The molecule has 0 bridgehead atoms. The Morgan fingerprint density at radius 1 is 0.351 bits per heavy atom. The lowest BCUT2D eigenvalue weighted by atomic mass is 9.76. The first kappa shape index (κ1) is 104. The van der Waals surface area contributed by atoms with Crippen molar-refractivity contribution in [1.82, 2.24) is 42.5 Å². The predicted molar refractivity (Wildman–Crippen MR) is 470 cm³/mol. The van der Waals surface area contributed by atoms with Gasteiger partial charge in [-0.15, -0.1) is 0 Å². The molecule has 30 atom stereocenters. The maximum absolute atomic E-state index is 13.9. The van der Waals surface area contributed by atoms with Crippen LogP contribution in [0, 0.1) is 47.3 Å². The molecule has 4 aromatic carbocycles. The van der Waals surface area contributed by atoms with Gasteiger partial charge in [-0.3, -0.25) is 24.0 Å². The lowest BCUT2D eigenvalue weighted by Crippen LogP contribution is -2.68. The van der Waals surface area contributed by atoms with Crippen molar-refractivity contribution >= 4 is 57.7 Å². The van der Waals surface area contributed by atoms with Gasteiger partial charge in [-0.25, -0.2) is 9.59 Å². The number of fused-ring (bicyclic) bond motifs is 6. The van der Waals surface area contributed by atoms with Gasteiger partial charge in [-0.05, 0) is 64.4 Å². The van der Waals surface area contributed by atoms with E-state index in [4.69, 9.17) is 75.8 Å². The molecule has 4 aromatic rings. The molecular weight excluding hydrogens is 1780 g/mol. The van der Waals surface area contributed by atoms with E-state index in [9.17, 15) is 74.4 Å². The van der Waals surface area contributed by atoms with Gasteiger partial charge in [-0.2, -0.15) is 0 Å². The van der Waals surface area contributed by atoms with Crippen molar-refractivity contribution in [3.8, 4) is 22.3 Å². The minimum atomic E-state index is -1.34. The zero-order chi connectivity index (χ0) is 94.4. The molecule has 4 heterocycles. The molecule has 0 spiro atoms. The van der Waals surface area contributed by atoms with Gasteiger partial charge in [0.15, 0.2) is 25.2 Å². The molecule has 0 aromatic heterocycles. The quantitative estimate of drug-likeness (QED) is 0.0262. The van der Waals surface area contributed by atoms with Crippen molar-refractivity contribution in [2.24, 2.45) is 47.3 Å². The Balaban J connectivity index is 0.000000253. The number of carbonyl (C=O) groups excluding carboxylic acids is 7. The highest BCUT2D eigenvalue weighted by Gasteiger charge is 2.59. The number of methoxy groups -OCH3 is 6. The molecule has 12 rings (SSSR count). The first-order valence-corrected chi connectivity index (χ1v) is 45.4. The molecule has 4 aliphatic heterocycles. The molecule has 40 heteroatoms. The van der Waals surface area contributed by atoms with E-state index in [1.165, 1.54) is 70.4 Å². The Bertz CT molecular complexity index is 4250. The first-order chi connectivity index (χ1) is 63.3. The molecule has 4 aliphatic carbocycles. The van der Waals surface area contributed by atoms with Gasteiger partial charge in [-0.1, -0.05) is 113 Å². The number of rotatable bonds is 39. The third-order valence-corrected chi connectivity index (χ3v) is 27.0. The van der Waals surface area contributed by atoms with Crippen LogP contribution >= 0.6 is 15.9 Å². The number of carbonyl (C=O) groups is 7. The molecule has 16 N–H and O–H groups in total. The Morgan fingerprint density at radius 3 is 0.916 bits per heavy atom. The molecule has 4 saturated heterocycles. The summed E-state index contributed by atoms with van der Waals surface area (Å²) in [7, 11) is 10.4. The maximum atomic E-state index is 13.9. The van der Waals surface area contributed by atoms with Crippen LogP contribution in [0.2, 0.25) is 0 Å². The number of halogens is 1. The predicted octanol–water partition coefficient (Wildman–Crippen LogP) is 0.00530. The number of amides is 7. The topological polar surface area (TPSA) is 525 Å². The van der Waals surface area contributed by atoms with Crippen LogP contribution < -0.4 is 42.5 Å². The van der Waals surface area contributed by atoms with Gasteiger partial charge < -0.3 is 159 Å². The molecule has 0 radical (unpaired) electrons. The van der Waals surface area contributed by atoms with E-state index in [1.54, 1.807) is 7.05 Å². The number of likely N-dealkylation sites (N-methyl/N-ethyl adjacent to an activating group) is 1. The summed E-state index contributed by atoms with van der Waals surface area (Å²) in [6.07, 6.45) is -17.9. The summed E-state index contributed by atoms with van der Waals surface area (Å²) in [6.45, 7) is 1.61. The summed E-state index contributed by atoms with van der Waals surface area (Å²) in [4.78, 5) is 91.1. The molecule has 728 valence electrons. The Labute approximate surface area is 770 Å². The summed E-state index contributed by atoms with van der Waals surface area (Å²) in [6, 6.07) is 26.4. The SMILES string of the molecule is CNCC1OC(OC2C(NC(C)=O)CC(NC(C)=O)C(OC3OC(COC)C(OC)C(NC(=O)OCC4c5ccccc5-c5ccccc54)C3CO)C2CO)C(OC)C(CO)C1CO.COCC1OC(OC2C(NC(C)=O)CC(NC(C)=O)C(OC3OC(CNC(=O)CBr)C(CO)C(CO)C3OC)C2CO)C(CO)C(NC(=O)OCC2c3ccccc3-c3ccccc32)C1OC. The second-order valence-corrected chi connectivity index (χ2v) is 34.8. The number of ether oxygens (including phenoxy) is 16. The highest BCUT2D eigenvalue weighted by Crippen LogP contribution is 2.48. The van der Waals surface area contributed by atoms with Crippen molar-refractivity contribution in [2.75, 3.05) is 147 Å². The van der Waals surface area contributed by atoms with Crippen LogP contribution in [0.1, 0.15) is 74.6 Å². The average molecular weight is 1910 g/mol. The van der Waals surface area contributed by atoms with Crippen LogP contribution in [0.3, 0.4) is 0 Å². The van der Waals surface area contributed by atoms with E-state index < -0.39 is 257 Å². The van der Waals surface area contributed by atoms with E-state index in [0.29, 0.717) is 6.54 Å². The summed E-state index contributed by atoms with van der Waals surface area (Å²) < 4.78 is 99.1. The summed E-state index contributed by atoms with van der Waals surface area (Å²) in [5.41, 5.74) is 8.39. The standard InChI is InChI=1S/C46H65BrN4O16.C45H66N4O15/c1-23(56)49-34-14-35(50-24(2)57)41(67-45-42(61-4)30(18-53)29(17-52)36(64-45)16-48-38(58)15-47)32(20-55)40(34)66-44-31(19-54)39(43(62-5)37(65-44)22-60-3)51-46(59)63-21-33-27-12-8-6-10-25(27)26-11-7-9-13-28(26)33;1-23(54)47-34-15-35(48-24(2)55)40(64-44-41(58-5)30(18-51)29(17-50)36(61-44)16-46-3)32(20-53)39(34)63-43-31(19-52)38(42(59-6)37(62-43)22-57-4)49-45(56)60-21-33-27-13-9-7-11-25(27)26-12-8-10-14-28(26)33/h6-13,29-37,39-45,52-55H,14-22H2,1-5H3,(H,48,58)(H,49,56)(H,50,57)(H,51,59);7-14,29-44,46,50-53H,15-22H2,1-6H3,(H,47,54)(H,48,55)(H,49,56). The van der Waals surface area contributed by atoms with E-state index in [1.807, 2.05) is 97.1 Å². The van der Waals surface area contributed by atoms with Crippen LogP contribution in [0.5, 0.6) is 0 Å². The van der Waals surface area contributed by atoms with Crippen LogP contribution in [0.25, 0.3) is 22.3 Å². The highest BCUT2D eigenvalue weighted by atomic mass is 79.9. The minimum absolute atomic E-state index is 0.00290. The average Bonchev–Trinajstić information content (AvgIpc) is 1.75. The smallest absolute Gasteiger partial charge is 0.407 e. The molecule has 131 heavy (non-hydrogen) atoms. The van der Waals surface area contributed by atoms with E-state index >= 15 is 0 Å². The third kappa shape index (κ3) is 24.2. The van der Waals surface area contributed by atoms with Crippen LogP contribution in [-0.4, -0.2) is 365 Å². The van der Waals surface area contributed by atoms with Gasteiger partial charge in [0.05, 0.1) is 130 Å². The molecule has 2 saturated carbocycles. The number of aliphatic hydroxyl groups excluding tert-OH is 8. The fraction of sp³-hybridized carbons (Fsp3) is 0.659. The Hall–Kier alpha value is -7.67. The van der Waals surface area contributed by atoms with Crippen molar-refractivity contribution < 1.29 is 150 Å². The van der Waals surface area contributed by atoms with Crippen molar-refractivity contribution in [3.05, 3.63) is 119 Å². The Morgan fingerprint density at radius 2 is 0.641 bits per heavy atom. The highest BCUT2D eigenvalue weighted by molar-refractivity contribution is 9.09. The third-order valence-electron chi connectivity index (χ3n) is 26.5. The van der Waals surface area contributed by atoms with Crippen molar-refractivity contribution in [1.29, 1.82) is 0 Å². The largest absolute Gasteiger partial charge is 0.449 e. The molecule has 39 nitrogen and oxygen atoms in total. The van der Waals surface area contributed by atoms with Gasteiger partial charge in [0.1, 0.15) is 49.8 Å². The zero-order valence-corrected chi connectivity index (χ0v) is 77.2. The monoisotopic (exact) mass is 1910 g/mol. The summed E-state index contributed by atoms with van der Waals surface area (Å²) >= 11 is 3.12. The molecule has 6 fully saturated rings. The zero-order valence-electron chi connectivity index (χ0n) is 75.6. The van der Waals surface area contributed by atoms with Crippen LogP contribution in [-0.2, 0) is 99.8 Å². The number of benzene rings is 4. The van der Waals surface area contributed by atoms with Gasteiger partial charge in [0.2, 0.25) is 29.5 Å². The molecule has 7 amide bonds. The number of nitrogens with one attached hydrogen (secondary N) is 8. The van der Waals surface area contributed by atoms with E-state index in [2.05, 4.69) is 58.5 Å². The van der Waals surface area contributed by atoms with Crippen molar-refractivity contribution in [2.45, 2.75) is 187 Å².